The number of benzene rings is 3. The number of hydrogen-bond donors (Lipinski definition) is 0. The zero-order valence-corrected chi connectivity index (χ0v) is 16.0. The van der Waals surface area contributed by atoms with Gasteiger partial charge in [-0.2, -0.15) is 0 Å². The summed E-state index contributed by atoms with van der Waals surface area (Å²) in [7, 11) is 0. The first-order valence-electron chi connectivity index (χ1n) is 9.89. The molecule has 3 aromatic carbocycles. The van der Waals surface area contributed by atoms with Crippen molar-refractivity contribution in [2.45, 2.75) is 39.5 Å². The SMILES string of the molecule is CCCc1c(CCC)n(-c2ccccc2)c(=O)c2c1ccc1ccccc12. The Morgan fingerprint density at radius 2 is 1.44 bits per heavy atom. The molecule has 0 fully saturated rings. The van der Waals surface area contributed by atoms with Gasteiger partial charge in [-0.05, 0) is 46.7 Å². The van der Waals surface area contributed by atoms with E-state index in [1.807, 2.05) is 47.0 Å². The summed E-state index contributed by atoms with van der Waals surface area (Å²) >= 11 is 0. The van der Waals surface area contributed by atoms with E-state index in [9.17, 15) is 4.79 Å². The largest absolute Gasteiger partial charge is 0.280 e. The highest BCUT2D eigenvalue weighted by molar-refractivity contribution is 6.08. The molecule has 4 aromatic rings. The van der Waals surface area contributed by atoms with Gasteiger partial charge in [0.15, 0.2) is 0 Å². The molecule has 0 bridgehead atoms. The maximum atomic E-state index is 13.8. The zero-order chi connectivity index (χ0) is 18.8. The Bertz CT molecular complexity index is 1160. The van der Waals surface area contributed by atoms with Crippen molar-refractivity contribution in [3.05, 3.63) is 88.3 Å². The Kier molecular flexibility index (Phi) is 4.81. The second kappa shape index (κ2) is 7.40. The van der Waals surface area contributed by atoms with E-state index in [1.165, 1.54) is 11.3 Å². The van der Waals surface area contributed by atoms with Crippen molar-refractivity contribution < 1.29 is 0 Å². The summed E-state index contributed by atoms with van der Waals surface area (Å²) in [4.78, 5) is 13.8. The first-order chi connectivity index (χ1) is 13.3. The van der Waals surface area contributed by atoms with Gasteiger partial charge in [0, 0.05) is 11.4 Å². The summed E-state index contributed by atoms with van der Waals surface area (Å²) < 4.78 is 1.96. The molecule has 0 saturated heterocycles. The molecule has 0 N–H and O–H groups in total. The van der Waals surface area contributed by atoms with Gasteiger partial charge in [-0.15, -0.1) is 0 Å². The predicted octanol–water partition coefficient (Wildman–Crippen LogP) is 6.05. The van der Waals surface area contributed by atoms with Gasteiger partial charge in [0.1, 0.15) is 0 Å². The molecule has 1 heterocycles. The number of hydrogen-bond acceptors (Lipinski definition) is 1. The Labute approximate surface area is 160 Å². The van der Waals surface area contributed by atoms with Crippen molar-refractivity contribution in [3.63, 3.8) is 0 Å². The molecule has 1 aromatic heterocycles. The van der Waals surface area contributed by atoms with Crippen LogP contribution in [0.25, 0.3) is 27.2 Å². The third-order valence-corrected chi connectivity index (χ3v) is 5.29. The standard InChI is InChI=1S/C25H25NO/c1-3-10-21-22-17-16-18-12-8-9-15-20(18)24(22)25(27)26(23(21)11-4-2)19-13-6-5-7-14-19/h5-9,12-17H,3-4,10-11H2,1-2H3. The van der Waals surface area contributed by atoms with Crippen LogP contribution in [0.3, 0.4) is 0 Å². The van der Waals surface area contributed by atoms with Gasteiger partial charge in [0.25, 0.3) is 5.56 Å². The van der Waals surface area contributed by atoms with Gasteiger partial charge in [-0.25, -0.2) is 0 Å². The van der Waals surface area contributed by atoms with Crippen molar-refractivity contribution >= 4 is 21.5 Å². The summed E-state index contributed by atoms with van der Waals surface area (Å²) in [5.41, 5.74) is 3.54. The van der Waals surface area contributed by atoms with E-state index >= 15 is 0 Å². The predicted molar refractivity (Wildman–Crippen MR) is 115 cm³/mol. The highest BCUT2D eigenvalue weighted by Crippen LogP contribution is 2.29. The Balaban J connectivity index is 2.23. The number of fused-ring (bicyclic) bond motifs is 3. The molecule has 27 heavy (non-hydrogen) atoms. The maximum Gasteiger partial charge on any atom is 0.263 e. The van der Waals surface area contributed by atoms with E-state index < -0.39 is 0 Å². The number of pyridine rings is 1. The van der Waals surface area contributed by atoms with Crippen LogP contribution in [0.2, 0.25) is 0 Å². The molecule has 2 nitrogen and oxygen atoms in total. The van der Waals surface area contributed by atoms with Crippen LogP contribution in [0.1, 0.15) is 37.9 Å². The fourth-order valence-corrected chi connectivity index (χ4v) is 4.16. The molecular formula is C25H25NO. The molecule has 0 spiro atoms. The number of rotatable bonds is 5. The number of nitrogens with zero attached hydrogens (tertiary/aromatic N) is 1. The lowest BCUT2D eigenvalue weighted by molar-refractivity contribution is 0.782. The van der Waals surface area contributed by atoms with Crippen molar-refractivity contribution in [2.75, 3.05) is 0 Å². The minimum absolute atomic E-state index is 0.0938. The van der Waals surface area contributed by atoms with E-state index in [0.717, 1.165) is 52.9 Å². The Morgan fingerprint density at radius 3 is 2.19 bits per heavy atom. The van der Waals surface area contributed by atoms with Gasteiger partial charge in [0.2, 0.25) is 0 Å². The molecule has 0 unspecified atom stereocenters. The molecule has 136 valence electrons. The zero-order valence-electron chi connectivity index (χ0n) is 16.0. The summed E-state index contributed by atoms with van der Waals surface area (Å²) in [6.07, 6.45) is 3.97. The lowest BCUT2D eigenvalue weighted by Crippen LogP contribution is -2.24. The van der Waals surface area contributed by atoms with Crippen LogP contribution in [0, 0.1) is 0 Å². The van der Waals surface area contributed by atoms with Crippen molar-refractivity contribution in [3.8, 4) is 5.69 Å². The van der Waals surface area contributed by atoms with Gasteiger partial charge in [0.05, 0.1) is 5.39 Å². The fourth-order valence-electron chi connectivity index (χ4n) is 4.16. The average molecular weight is 355 g/mol. The molecule has 0 aliphatic rings. The minimum atomic E-state index is 0.0938. The van der Waals surface area contributed by atoms with Crippen molar-refractivity contribution in [1.29, 1.82) is 0 Å². The molecular weight excluding hydrogens is 330 g/mol. The van der Waals surface area contributed by atoms with Crippen LogP contribution >= 0.6 is 0 Å². The first-order valence-corrected chi connectivity index (χ1v) is 9.89. The maximum absolute atomic E-state index is 13.8. The third-order valence-electron chi connectivity index (χ3n) is 5.29. The third kappa shape index (κ3) is 2.95. The summed E-state index contributed by atoms with van der Waals surface area (Å²) in [5, 5.41) is 4.13. The quantitative estimate of drug-likeness (QED) is 0.399. The molecule has 0 atom stereocenters. The van der Waals surface area contributed by atoms with E-state index in [4.69, 9.17) is 0 Å². The summed E-state index contributed by atoms with van der Waals surface area (Å²) in [5.74, 6) is 0. The van der Waals surface area contributed by atoms with Gasteiger partial charge in [-0.3, -0.25) is 9.36 Å². The first kappa shape index (κ1) is 17.5. The number of aryl methyl sites for hydroxylation is 1. The van der Waals surface area contributed by atoms with Crippen LogP contribution < -0.4 is 5.56 Å². The number of aromatic nitrogens is 1. The Hall–Kier alpha value is -2.87. The lowest BCUT2D eigenvalue weighted by atomic mass is 9.94. The smallest absolute Gasteiger partial charge is 0.263 e. The molecule has 2 heteroatoms. The van der Waals surface area contributed by atoms with E-state index in [1.54, 1.807) is 0 Å². The molecule has 0 radical (unpaired) electrons. The van der Waals surface area contributed by atoms with E-state index in [-0.39, 0.29) is 5.56 Å². The van der Waals surface area contributed by atoms with E-state index in [2.05, 4.69) is 38.1 Å². The normalized spacial score (nSPS) is 11.3. The highest BCUT2D eigenvalue weighted by atomic mass is 16.1. The highest BCUT2D eigenvalue weighted by Gasteiger charge is 2.18. The summed E-state index contributed by atoms with van der Waals surface area (Å²) in [6.45, 7) is 4.39. The second-order valence-corrected chi connectivity index (χ2v) is 7.11. The lowest BCUT2D eigenvalue weighted by Gasteiger charge is -2.20. The van der Waals surface area contributed by atoms with Crippen molar-refractivity contribution in [1.82, 2.24) is 4.57 Å². The fraction of sp³-hybridized carbons (Fsp3) is 0.240. The van der Waals surface area contributed by atoms with Crippen LogP contribution in [0.4, 0.5) is 0 Å². The molecule has 0 amide bonds. The minimum Gasteiger partial charge on any atom is -0.280 e. The topological polar surface area (TPSA) is 22.0 Å². The van der Waals surface area contributed by atoms with Gasteiger partial charge >= 0.3 is 0 Å². The van der Waals surface area contributed by atoms with Crippen molar-refractivity contribution in [2.24, 2.45) is 0 Å². The molecule has 4 rings (SSSR count). The van der Waals surface area contributed by atoms with Gasteiger partial charge in [-0.1, -0.05) is 81.3 Å². The van der Waals surface area contributed by atoms with Gasteiger partial charge < -0.3 is 0 Å². The van der Waals surface area contributed by atoms with E-state index in [0.29, 0.717) is 0 Å². The van der Waals surface area contributed by atoms with Crippen LogP contribution in [0.5, 0.6) is 0 Å². The van der Waals surface area contributed by atoms with Crippen LogP contribution in [-0.2, 0) is 12.8 Å². The number of para-hydroxylation sites is 1. The molecule has 0 aliphatic heterocycles. The summed E-state index contributed by atoms with van der Waals surface area (Å²) in [6, 6.07) is 22.6. The molecule has 0 saturated carbocycles. The monoisotopic (exact) mass is 355 g/mol. The average Bonchev–Trinajstić information content (AvgIpc) is 2.71. The van der Waals surface area contributed by atoms with Crippen LogP contribution in [0.15, 0.2) is 71.5 Å². The second-order valence-electron chi connectivity index (χ2n) is 7.11. The Morgan fingerprint density at radius 1 is 0.741 bits per heavy atom. The van der Waals surface area contributed by atoms with Crippen LogP contribution in [-0.4, -0.2) is 4.57 Å². The molecule has 0 aliphatic carbocycles.